The number of fused-ring (bicyclic) bond motifs is 13. The van der Waals surface area contributed by atoms with E-state index in [9.17, 15) is 0 Å². The fraction of sp³-hybridized carbons (Fsp3) is 0. The van der Waals surface area contributed by atoms with Crippen LogP contribution in [0.1, 0.15) is 0 Å². The van der Waals surface area contributed by atoms with Crippen molar-refractivity contribution in [2.45, 2.75) is 0 Å². The van der Waals surface area contributed by atoms with E-state index in [1.807, 2.05) is 61.2 Å². The zero-order valence-electron chi connectivity index (χ0n) is 37.6. The largest absolute Gasteiger partial charge is 0.264 e. The van der Waals surface area contributed by atoms with E-state index in [1.165, 1.54) is 64.6 Å². The molecule has 70 heavy (non-hydrogen) atoms. The number of benzene rings is 9. The Hall–Kier alpha value is -9.52. The van der Waals surface area contributed by atoms with Crippen LogP contribution in [0.2, 0.25) is 0 Å². The second-order valence-electron chi connectivity index (χ2n) is 17.9. The standard InChI is InChI=1S/C64H38N6/c1-3-17-50-46(13-1)48-15-5-7-19-52(48)57-31-39(21-25-54(50)57)45-33-56(40-22-26-55-51-18-4-2-14-47(51)49-16-6-8-20-53(49)58(55)32-40)63-59(34-45)62(43-23-27-60(67-37-43)41-11-9-29-65-35-41)69-64(70-63)44-24-28-61(68-38-44)42-12-10-30-66-36-42/h1-38H. The summed E-state index contributed by atoms with van der Waals surface area (Å²) in [5.41, 5.74) is 11.0. The summed E-state index contributed by atoms with van der Waals surface area (Å²) in [5.74, 6) is 0.569. The van der Waals surface area contributed by atoms with Crippen LogP contribution in [0.25, 0.3) is 143 Å². The maximum atomic E-state index is 5.54. The smallest absolute Gasteiger partial charge is 0.162 e. The fourth-order valence-corrected chi connectivity index (χ4v) is 10.6. The first kappa shape index (κ1) is 39.6. The number of hydrogen-bond acceptors (Lipinski definition) is 6. The number of nitrogens with zero attached hydrogens (tertiary/aromatic N) is 6. The van der Waals surface area contributed by atoms with E-state index in [1.54, 1.807) is 12.4 Å². The lowest BCUT2D eigenvalue weighted by Crippen LogP contribution is -1.99. The van der Waals surface area contributed by atoms with Crippen molar-refractivity contribution in [3.63, 3.8) is 0 Å². The first-order valence-electron chi connectivity index (χ1n) is 23.5. The van der Waals surface area contributed by atoms with Crippen LogP contribution in [0, 0.1) is 0 Å². The molecule has 0 N–H and O–H groups in total. The zero-order chi connectivity index (χ0) is 46.1. The number of aromatic nitrogens is 6. The lowest BCUT2D eigenvalue weighted by Gasteiger charge is -2.17. The normalized spacial score (nSPS) is 11.7. The Bertz CT molecular complexity index is 4310. The van der Waals surface area contributed by atoms with Crippen molar-refractivity contribution in [2.24, 2.45) is 0 Å². The maximum absolute atomic E-state index is 5.54. The molecule has 0 spiro atoms. The Balaban J connectivity index is 1.06. The molecule has 6 nitrogen and oxygen atoms in total. The maximum Gasteiger partial charge on any atom is 0.162 e. The van der Waals surface area contributed by atoms with Crippen LogP contribution in [0.3, 0.4) is 0 Å². The van der Waals surface area contributed by atoms with E-state index in [0.29, 0.717) is 5.82 Å². The van der Waals surface area contributed by atoms with E-state index < -0.39 is 0 Å². The fourth-order valence-electron chi connectivity index (χ4n) is 10.6. The molecule has 0 bridgehead atoms. The van der Waals surface area contributed by atoms with Crippen molar-refractivity contribution < 1.29 is 0 Å². The molecule has 0 atom stereocenters. The third kappa shape index (κ3) is 6.49. The van der Waals surface area contributed by atoms with Crippen molar-refractivity contribution >= 4 is 75.5 Å². The van der Waals surface area contributed by atoms with Gasteiger partial charge in [-0.25, -0.2) is 9.97 Å². The summed E-state index contributed by atoms with van der Waals surface area (Å²) in [6, 6.07) is 69.5. The van der Waals surface area contributed by atoms with Crippen LogP contribution in [0.4, 0.5) is 0 Å². The Morgan fingerprint density at radius 3 is 1.16 bits per heavy atom. The number of hydrogen-bond donors (Lipinski definition) is 0. The van der Waals surface area contributed by atoms with Crippen LogP contribution in [0.15, 0.2) is 231 Å². The van der Waals surface area contributed by atoms with Gasteiger partial charge in [-0.15, -0.1) is 0 Å². The third-order valence-electron chi connectivity index (χ3n) is 13.9. The van der Waals surface area contributed by atoms with Gasteiger partial charge in [0.2, 0.25) is 0 Å². The molecule has 0 aliphatic heterocycles. The summed E-state index contributed by atoms with van der Waals surface area (Å²) in [6.07, 6.45) is 11.0. The highest BCUT2D eigenvalue weighted by atomic mass is 14.9. The quantitative estimate of drug-likeness (QED) is 0.155. The van der Waals surface area contributed by atoms with Crippen molar-refractivity contribution in [3.05, 3.63) is 231 Å². The van der Waals surface area contributed by atoms with Gasteiger partial charge in [-0.05, 0) is 154 Å². The van der Waals surface area contributed by atoms with Crippen molar-refractivity contribution in [3.8, 4) is 67.4 Å². The van der Waals surface area contributed by atoms with Gasteiger partial charge in [-0.3, -0.25) is 19.9 Å². The van der Waals surface area contributed by atoms with Gasteiger partial charge in [-0.2, -0.15) is 0 Å². The van der Waals surface area contributed by atoms with Crippen LogP contribution >= 0.6 is 0 Å². The molecule has 0 radical (unpaired) electrons. The van der Waals surface area contributed by atoms with Gasteiger partial charge in [0, 0.05) is 70.4 Å². The zero-order valence-corrected chi connectivity index (χ0v) is 37.6. The number of rotatable bonds is 6. The number of pyridine rings is 4. The predicted molar refractivity (Wildman–Crippen MR) is 288 cm³/mol. The van der Waals surface area contributed by atoms with Crippen LogP contribution in [-0.2, 0) is 0 Å². The van der Waals surface area contributed by atoms with Crippen molar-refractivity contribution in [1.29, 1.82) is 0 Å². The van der Waals surface area contributed by atoms with E-state index in [-0.39, 0.29) is 0 Å². The third-order valence-corrected chi connectivity index (χ3v) is 13.9. The molecule has 9 aromatic carbocycles. The van der Waals surface area contributed by atoms with Crippen molar-refractivity contribution in [2.75, 3.05) is 0 Å². The Morgan fingerprint density at radius 1 is 0.257 bits per heavy atom. The van der Waals surface area contributed by atoms with Gasteiger partial charge < -0.3 is 0 Å². The lowest BCUT2D eigenvalue weighted by molar-refractivity contribution is 1.20. The second-order valence-corrected chi connectivity index (χ2v) is 17.9. The Labute approximate surface area is 402 Å². The summed E-state index contributed by atoms with van der Waals surface area (Å²) in [5, 5.41) is 15.6. The molecular weight excluding hydrogens is 853 g/mol. The summed E-state index contributed by atoms with van der Waals surface area (Å²) < 4.78 is 0. The van der Waals surface area contributed by atoms with Crippen molar-refractivity contribution in [1.82, 2.24) is 29.9 Å². The van der Waals surface area contributed by atoms with Gasteiger partial charge in [0.25, 0.3) is 0 Å². The highest BCUT2D eigenvalue weighted by Crippen LogP contribution is 2.44. The highest BCUT2D eigenvalue weighted by molar-refractivity contribution is 6.27. The minimum Gasteiger partial charge on any atom is -0.264 e. The molecule has 5 aromatic heterocycles. The molecule has 6 heteroatoms. The molecule has 0 amide bonds. The topological polar surface area (TPSA) is 77.3 Å². The summed E-state index contributed by atoms with van der Waals surface area (Å²) in [4.78, 5) is 29.6. The van der Waals surface area contributed by atoms with Gasteiger partial charge in [0.05, 0.1) is 22.6 Å². The lowest BCUT2D eigenvalue weighted by atomic mass is 9.89. The molecule has 324 valence electrons. The molecule has 0 aliphatic carbocycles. The van der Waals surface area contributed by atoms with E-state index in [0.717, 1.165) is 72.5 Å². The SMILES string of the molecule is c1cncc(-c2ccc(-c3nc(-c4ccc(-c5cccnc5)nc4)c4cc(-c5ccc6c7ccccc7c7ccccc7c6c5)cc(-c5ccc6c7ccccc7c7ccccc7c6c5)c4n3)cn2)c1. The minimum absolute atomic E-state index is 0.569. The summed E-state index contributed by atoms with van der Waals surface area (Å²) in [6.45, 7) is 0. The van der Waals surface area contributed by atoms with E-state index in [2.05, 4.69) is 168 Å². The highest BCUT2D eigenvalue weighted by Gasteiger charge is 2.20. The summed E-state index contributed by atoms with van der Waals surface area (Å²) in [7, 11) is 0. The second kappa shape index (κ2) is 16.1. The van der Waals surface area contributed by atoms with Crippen LogP contribution in [0.5, 0.6) is 0 Å². The summed E-state index contributed by atoms with van der Waals surface area (Å²) >= 11 is 0. The van der Waals surface area contributed by atoms with Gasteiger partial charge in [0.1, 0.15) is 0 Å². The molecule has 0 fully saturated rings. The molecular formula is C64H38N6. The molecule has 14 aromatic rings. The Morgan fingerprint density at radius 2 is 0.686 bits per heavy atom. The van der Waals surface area contributed by atoms with Gasteiger partial charge >= 0.3 is 0 Å². The van der Waals surface area contributed by atoms with Crippen LogP contribution < -0.4 is 0 Å². The van der Waals surface area contributed by atoms with E-state index >= 15 is 0 Å². The first-order valence-corrected chi connectivity index (χ1v) is 23.5. The average Bonchev–Trinajstić information content (AvgIpc) is 3.45. The first-order chi connectivity index (χ1) is 34.7. The average molecular weight is 891 g/mol. The minimum atomic E-state index is 0.569. The van der Waals surface area contributed by atoms with E-state index in [4.69, 9.17) is 19.9 Å². The predicted octanol–water partition coefficient (Wildman–Crippen LogP) is 16.1. The molecule has 0 saturated heterocycles. The monoisotopic (exact) mass is 890 g/mol. The van der Waals surface area contributed by atoms with Crippen LogP contribution in [-0.4, -0.2) is 29.9 Å². The molecule has 0 aliphatic rings. The van der Waals surface area contributed by atoms with Gasteiger partial charge in [0.15, 0.2) is 5.82 Å². The Kier molecular flexibility index (Phi) is 9.10. The molecule has 5 heterocycles. The molecule has 0 unspecified atom stereocenters. The molecule has 14 rings (SSSR count). The van der Waals surface area contributed by atoms with Gasteiger partial charge in [-0.1, -0.05) is 121 Å². The molecule has 0 saturated carbocycles.